The first-order valence-corrected chi connectivity index (χ1v) is 5.88. The Balaban J connectivity index is 2.79. The number of rotatable bonds is 5. The molecule has 4 nitrogen and oxygen atoms in total. The quantitative estimate of drug-likeness (QED) is 0.872. The standard InChI is InChI=1S/C11H12BrF2NO3/c1-6(16)10(17)15-5-7-4-8(12)2-3-9(7)18-11(13)14/h2-4,6,11,16H,5H2,1H3,(H,15,17). The van der Waals surface area contributed by atoms with Gasteiger partial charge in [-0.1, -0.05) is 15.9 Å². The zero-order valence-corrected chi connectivity index (χ0v) is 11.1. The summed E-state index contributed by atoms with van der Waals surface area (Å²) in [6.45, 7) is -1.63. The summed E-state index contributed by atoms with van der Waals surface area (Å²) in [7, 11) is 0. The molecule has 0 spiro atoms. The molecule has 2 N–H and O–H groups in total. The summed E-state index contributed by atoms with van der Waals surface area (Å²) >= 11 is 3.19. The highest BCUT2D eigenvalue weighted by atomic mass is 79.9. The fourth-order valence-electron chi connectivity index (χ4n) is 1.23. The highest BCUT2D eigenvalue weighted by Crippen LogP contribution is 2.24. The van der Waals surface area contributed by atoms with Crippen LogP contribution < -0.4 is 10.1 Å². The van der Waals surface area contributed by atoms with Gasteiger partial charge in [0.15, 0.2) is 0 Å². The van der Waals surface area contributed by atoms with E-state index in [1.807, 2.05) is 0 Å². The zero-order chi connectivity index (χ0) is 13.7. The smallest absolute Gasteiger partial charge is 0.387 e. The van der Waals surface area contributed by atoms with Gasteiger partial charge in [0.2, 0.25) is 5.91 Å². The molecule has 0 heterocycles. The Kier molecular flexibility index (Phi) is 5.49. The van der Waals surface area contributed by atoms with Gasteiger partial charge in [0.1, 0.15) is 11.9 Å². The van der Waals surface area contributed by atoms with Crippen LogP contribution in [0.25, 0.3) is 0 Å². The summed E-state index contributed by atoms with van der Waals surface area (Å²) < 4.78 is 29.3. The number of hydrogen-bond acceptors (Lipinski definition) is 3. The lowest BCUT2D eigenvalue weighted by molar-refractivity contribution is -0.128. The van der Waals surface area contributed by atoms with Gasteiger partial charge in [0.25, 0.3) is 0 Å². The average molecular weight is 324 g/mol. The van der Waals surface area contributed by atoms with Crippen molar-refractivity contribution >= 4 is 21.8 Å². The van der Waals surface area contributed by atoms with E-state index >= 15 is 0 Å². The molecule has 0 bridgehead atoms. The van der Waals surface area contributed by atoms with Gasteiger partial charge in [0, 0.05) is 16.6 Å². The second kappa shape index (κ2) is 6.65. The van der Waals surface area contributed by atoms with Crippen LogP contribution in [0.15, 0.2) is 22.7 Å². The van der Waals surface area contributed by atoms with Crippen LogP contribution in [0.5, 0.6) is 5.75 Å². The molecule has 0 fully saturated rings. The lowest BCUT2D eigenvalue weighted by atomic mass is 10.2. The number of aliphatic hydroxyl groups is 1. The van der Waals surface area contributed by atoms with Crippen LogP contribution in [-0.2, 0) is 11.3 Å². The minimum Gasteiger partial charge on any atom is -0.434 e. The Hall–Kier alpha value is -1.21. The van der Waals surface area contributed by atoms with Crippen molar-refractivity contribution in [2.75, 3.05) is 0 Å². The number of aliphatic hydroxyl groups excluding tert-OH is 1. The van der Waals surface area contributed by atoms with Crippen LogP contribution >= 0.6 is 15.9 Å². The van der Waals surface area contributed by atoms with E-state index < -0.39 is 18.6 Å². The van der Waals surface area contributed by atoms with Gasteiger partial charge in [-0.25, -0.2) is 0 Å². The Bertz CT molecular complexity index is 427. The van der Waals surface area contributed by atoms with Crippen LogP contribution in [0.1, 0.15) is 12.5 Å². The number of hydrogen-bond donors (Lipinski definition) is 2. The van der Waals surface area contributed by atoms with Gasteiger partial charge in [0.05, 0.1) is 0 Å². The summed E-state index contributed by atoms with van der Waals surface area (Å²) in [5.74, 6) is -0.600. The molecule has 0 aromatic heterocycles. The van der Waals surface area contributed by atoms with E-state index in [0.717, 1.165) is 0 Å². The second-order valence-electron chi connectivity index (χ2n) is 3.52. The van der Waals surface area contributed by atoms with Gasteiger partial charge in [-0.2, -0.15) is 8.78 Å². The number of carbonyl (C=O) groups is 1. The van der Waals surface area contributed by atoms with Crippen molar-refractivity contribution in [2.45, 2.75) is 26.2 Å². The van der Waals surface area contributed by atoms with Crippen molar-refractivity contribution in [2.24, 2.45) is 0 Å². The van der Waals surface area contributed by atoms with Gasteiger partial charge < -0.3 is 15.2 Å². The van der Waals surface area contributed by atoms with E-state index in [9.17, 15) is 13.6 Å². The molecule has 1 rings (SSSR count). The van der Waals surface area contributed by atoms with Crippen LogP contribution in [-0.4, -0.2) is 23.7 Å². The maximum absolute atomic E-state index is 12.2. The molecule has 1 atom stereocenters. The molecule has 1 unspecified atom stereocenters. The molecule has 100 valence electrons. The zero-order valence-electron chi connectivity index (χ0n) is 9.49. The van der Waals surface area contributed by atoms with Gasteiger partial charge in [-0.15, -0.1) is 0 Å². The Labute approximate surface area is 111 Å². The third-order valence-electron chi connectivity index (χ3n) is 2.07. The maximum atomic E-state index is 12.2. The Morgan fingerprint density at radius 3 is 2.78 bits per heavy atom. The topological polar surface area (TPSA) is 58.6 Å². The summed E-state index contributed by atoms with van der Waals surface area (Å²) in [5.41, 5.74) is 0.388. The van der Waals surface area contributed by atoms with Crippen molar-refractivity contribution in [1.29, 1.82) is 0 Å². The van der Waals surface area contributed by atoms with Gasteiger partial charge >= 0.3 is 6.61 Å². The lowest BCUT2D eigenvalue weighted by Gasteiger charge is -2.12. The SMILES string of the molecule is CC(O)C(=O)NCc1cc(Br)ccc1OC(F)F. The molecule has 1 aromatic rings. The van der Waals surface area contributed by atoms with Gasteiger partial charge in [-0.3, -0.25) is 4.79 Å². The number of ether oxygens (including phenoxy) is 1. The maximum Gasteiger partial charge on any atom is 0.387 e. The van der Waals surface area contributed by atoms with E-state index in [4.69, 9.17) is 5.11 Å². The molecular formula is C11H12BrF2NO3. The van der Waals surface area contributed by atoms with E-state index in [-0.39, 0.29) is 12.3 Å². The van der Waals surface area contributed by atoms with E-state index in [0.29, 0.717) is 10.0 Å². The molecule has 0 aliphatic carbocycles. The first-order valence-electron chi connectivity index (χ1n) is 5.09. The molecular weight excluding hydrogens is 312 g/mol. The summed E-state index contributed by atoms with van der Waals surface area (Å²) in [5, 5.41) is 11.4. The summed E-state index contributed by atoms with van der Waals surface area (Å²) in [6.07, 6.45) is -1.16. The summed E-state index contributed by atoms with van der Waals surface area (Å²) in [6, 6.07) is 4.48. The number of nitrogens with one attached hydrogen (secondary N) is 1. The minimum absolute atomic E-state index is 0.00870. The fraction of sp³-hybridized carbons (Fsp3) is 0.364. The minimum atomic E-state index is -2.93. The predicted octanol–water partition coefficient (Wildman–Crippen LogP) is 2.05. The van der Waals surface area contributed by atoms with Crippen LogP contribution in [0.4, 0.5) is 8.78 Å². The number of alkyl halides is 2. The molecule has 0 aliphatic rings. The van der Waals surface area contributed by atoms with E-state index in [1.165, 1.54) is 13.0 Å². The fourth-order valence-corrected chi connectivity index (χ4v) is 1.64. The molecule has 1 amide bonds. The van der Waals surface area contributed by atoms with Crippen molar-refractivity contribution < 1.29 is 23.4 Å². The molecule has 1 aromatic carbocycles. The molecule has 18 heavy (non-hydrogen) atoms. The van der Waals surface area contributed by atoms with Gasteiger partial charge in [-0.05, 0) is 25.1 Å². The van der Waals surface area contributed by atoms with Crippen LogP contribution in [0.2, 0.25) is 0 Å². The Morgan fingerprint density at radius 1 is 1.56 bits per heavy atom. The molecule has 0 aliphatic heterocycles. The van der Waals surface area contributed by atoms with E-state index in [1.54, 1.807) is 12.1 Å². The van der Waals surface area contributed by atoms with Crippen molar-refractivity contribution in [3.05, 3.63) is 28.2 Å². The summed E-state index contributed by atoms with van der Waals surface area (Å²) in [4.78, 5) is 11.2. The first kappa shape index (κ1) is 14.8. The predicted molar refractivity (Wildman–Crippen MR) is 64.3 cm³/mol. The molecule has 7 heteroatoms. The highest BCUT2D eigenvalue weighted by Gasteiger charge is 2.13. The average Bonchev–Trinajstić information content (AvgIpc) is 2.28. The molecule has 0 radical (unpaired) electrons. The molecule has 0 saturated heterocycles. The van der Waals surface area contributed by atoms with Crippen LogP contribution in [0.3, 0.4) is 0 Å². The number of carbonyl (C=O) groups excluding carboxylic acids is 1. The third-order valence-corrected chi connectivity index (χ3v) is 2.56. The lowest BCUT2D eigenvalue weighted by Crippen LogP contribution is -2.32. The number of halogens is 3. The normalized spacial score (nSPS) is 12.3. The Morgan fingerprint density at radius 2 is 2.22 bits per heavy atom. The number of amides is 1. The highest BCUT2D eigenvalue weighted by molar-refractivity contribution is 9.10. The van der Waals surface area contributed by atoms with Crippen molar-refractivity contribution in [1.82, 2.24) is 5.32 Å². The second-order valence-corrected chi connectivity index (χ2v) is 4.44. The molecule has 0 saturated carbocycles. The van der Waals surface area contributed by atoms with Crippen molar-refractivity contribution in [3.63, 3.8) is 0 Å². The van der Waals surface area contributed by atoms with Crippen LogP contribution in [0, 0.1) is 0 Å². The monoisotopic (exact) mass is 323 g/mol. The van der Waals surface area contributed by atoms with Crippen molar-refractivity contribution in [3.8, 4) is 5.75 Å². The first-order chi connectivity index (χ1) is 8.40. The number of benzene rings is 1. The largest absolute Gasteiger partial charge is 0.434 e. The third kappa shape index (κ3) is 4.58. The van der Waals surface area contributed by atoms with E-state index in [2.05, 4.69) is 26.0 Å².